The highest BCUT2D eigenvalue weighted by molar-refractivity contribution is 5.37. The predicted molar refractivity (Wildman–Crippen MR) is 65.6 cm³/mol. The van der Waals surface area contributed by atoms with Crippen molar-refractivity contribution in [1.82, 2.24) is 0 Å². The van der Waals surface area contributed by atoms with Gasteiger partial charge in [-0.2, -0.15) is 13.2 Å². The van der Waals surface area contributed by atoms with Gasteiger partial charge in [0.1, 0.15) is 5.75 Å². The minimum atomic E-state index is -4.35. The molecule has 0 aliphatic carbocycles. The topological polar surface area (TPSA) is 9.23 Å². The van der Waals surface area contributed by atoms with E-state index in [-0.39, 0.29) is 11.7 Å². The van der Waals surface area contributed by atoms with Gasteiger partial charge < -0.3 is 4.74 Å². The lowest BCUT2D eigenvalue weighted by atomic mass is 10.00. The fourth-order valence-corrected chi connectivity index (χ4v) is 1.49. The molecular formula is C14H18F3O. The third-order valence-electron chi connectivity index (χ3n) is 2.59. The highest BCUT2D eigenvalue weighted by atomic mass is 19.4. The Labute approximate surface area is 106 Å². The van der Waals surface area contributed by atoms with Gasteiger partial charge in [0.05, 0.1) is 12.2 Å². The zero-order valence-electron chi connectivity index (χ0n) is 10.7. The Balaban J connectivity index is 2.99. The molecule has 0 fully saturated rings. The van der Waals surface area contributed by atoms with Gasteiger partial charge in [0.15, 0.2) is 0 Å². The Hall–Kier alpha value is -1.19. The van der Waals surface area contributed by atoms with E-state index in [2.05, 4.69) is 6.92 Å². The smallest absolute Gasteiger partial charge is 0.416 e. The summed E-state index contributed by atoms with van der Waals surface area (Å²) in [4.78, 5) is 0. The zero-order valence-corrected chi connectivity index (χ0v) is 10.7. The number of hydrogen-bond acceptors (Lipinski definition) is 1. The van der Waals surface area contributed by atoms with Gasteiger partial charge in [-0.05, 0) is 43.0 Å². The van der Waals surface area contributed by atoms with Crippen molar-refractivity contribution in [1.29, 1.82) is 0 Å². The molecule has 0 heterocycles. The van der Waals surface area contributed by atoms with Gasteiger partial charge in [-0.1, -0.05) is 20.3 Å². The summed E-state index contributed by atoms with van der Waals surface area (Å²) in [6.45, 7) is 7.93. The standard InChI is InChI=1S/C14H18F3O/c1-4-5-6-18-13-8-11(10(2)3)7-12(9-13)14(15,16)17/h7-10H,2,4-6H2,1,3H3. The van der Waals surface area contributed by atoms with Crippen LogP contribution in [0.15, 0.2) is 18.2 Å². The van der Waals surface area contributed by atoms with Crippen LogP contribution in [0.4, 0.5) is 13.2 Å². The third-order valence-corrected chi connectivity index (χ3v) is 2.59. The number of benzene rings is 1. The molecule has 0 spiro atoms. The Kier molecular flexibility index (Phi) is 5.05. The second-order valence-electron chi connectivity index (χ2n) is 4.39. The SMILES string of the molecule is [CH2]C(C)c1cc(OCCCC)cc(C(F)(F)F)c1. The minimum Gasteiger partial charge on any atom is -0.494 e. The molecular weight excluding hydrogens is 241 g/mol. The number of unbranched alkanes of at least 4 members (excludes halogenated alkanes) is 1. The van der Waals surface area contributed by atoms with Crippen molar-refractivity contribution in [2.45, 2.75) is 38.8 Å². The van der Waals surface area contributed by atoms with E-state index in [4.69, 9.17) is 4.74 Å². The monoisotopic (exact) mass is 259 g/mol. The lowest BCUT2D eigenvalue weighted by Crippen LogP contribution is -2.07. The first-order chi connectivity index (χ1) is 8.34. The molecule has 1 aromatic carbocycles. The van der Waals surface area contributed by atoms with Gasteiger partial charge >= 0.3 is 6.18 Å². The van der Waals surface area contributed by atoms with Crippen LogP contribution in [0.25, 0.3) is 0 Å². The molecule has 18 heavy (non-hydrogen) atoms. The maximum atomic E-state index is 12.7. The Morgan fingerprint density at radius 3 is 2.44 bits per heavy atom. The summed E-state index contributed by atoms with van der Waals surface area (Å²) < 4.78 is 43.5. The van der Waals surface area contributed by atoms with E-state index in [1.165, 1.54) is 0 Å². The van der Waals surface area contributed by atoms with Crippen molar-refractivity contribution in [3.8, 4) is 5.75 Å². The van der Waals surface area contributed by atoms with Gasteiger partial charge in [-0.3, -0.25) is 0 Å². The number of rotatable bonds is 5. The molecule has 1 aromatic rings. The molecule has 0 aromatic heterocycles. The van der Waals surface area contributed by atoms with E-state index < -0.39 is 11.7 Å². The first-order valence-corrected chi connectivity index (χ1v) is 6.02. The second kappa shape index (κ2) is 6.12. The van der Waals surface area contributed by atoms with E-state index in [9.17, 15) is 13.2 Å². The summed E-state index contributed by atoms with van der Waals surface area (Å²) in [6.07, 6.45) is -2.59. The fraction of sp³-hybridized carbons (Fsp3) is 0.500. The molecule has 1 radical (unpaired) electrons. The summed E-state index contributed by atoms with van der Waals surface area (Å²) in [6, 6.07) is 3.80. The van der Waals surface area contributed by atoms with E-state index in [1.54, 1.807) is 13.0 Å². The Morgan fingerprint density at radius 1 is 1.28 bits per heavy atom. The largest absolute Gasteiger partial charge is 0.494 e. The summed E-state index contributed by atoms with van der Waals surface area (Å²) in [5.74, 6) is 0.0598. The van der Waals surface area contributed by atoms with Crippen LogP contribution in [0.5, 0.6) is 5.75 Å². The zero-order chi connectivity index (χ0) is 13.8. The highest BCUT2D eigenvalue weighted by Gasteiger charge is 2.31. The van der Waals surface area contributed by atoms with Crippen LogP contribution in [0.3, 0.4) is 0 Å². The van der Waals surface area contributed by atoms with Gasteiger partial charge in [-0.15, -0.1) is 0 Å². The van der Waals surface area contributed by atoms with Crippen molar-refractivity contribution in [3.63, 3.8) is 0 Å². The Bertz CT molecular complexity index is 383. The van der Waals surface area contributed by atoms with Gasteiger partial charge in [0.25, 0.3) is 0 Å². The van der Waals surface area contributed by atoms with Crippen LogP contribution in [-0.4, -0.2) is 6.61 Å². The van der Waals surface area contributed by atoms with Gasteiger partial charge in [0.2, 0.25) is 0 Å². The summed E-state index contributed by atoms with van der Waals surface area (Å²) in [7, 11) is 0. The van der Waals surface area contributed by atoms with Crippen LogP contribution >= 0.6 is 0 Å². The molecule has 1 nitrogen and oxygen atoms in total. The molecule has 0 amide bonds. The average molecular weight is 259 g/mol. The van der Waals surface area contributed by atoms with Crippen molar-refractivity contribution in [2.24, 2.45) is 0 Å². The third kappa shape index (κ3) is 4.24. The molecule has 0 bridgehead atoms. The van der Waals surface area contributed by atoms with Crippen LogP contribution in [0, 0.1) is 6.92 Å². The highest BCUT2D eigenvalue weighted by Crippen LogP contribution is 2.34. The molecule has 0 saturated carbocycles. The van der Waals surface area contributed by atoms with Crippen LogP contribution < -0.4 is 4.74 Å². The molecule has 0 aliphatic rings. The van der Waals surface area contributed by atoms with Crippen LogP contribution in [-0.2, 0) is 6.18 Å². The predicted octanol–water partition coefficient (Wildman–Crippen LogP) is 4.82. The first-order valence-electron chi connectivity index (χ1n) is 6.02. The summed E-state index contributed by atoms with van der Waals surface area (Å²) in [5.41, 5.74) is -0.140. The fourth-order valence-electron chi connectivity index (χ4n) is 1.49. The Morgan fingerprint density at radius 2 is 1.94 bits per heavy atom. The maximum absolute atomic E-state index is 12.7. The summed E-state index contributed by atoms with van der Waals surface area (Å²) >= 11 is 0. The van der Waals surface area contributed by atoms with Crippen molar-refractivity contribution in [2.75, 3.05) is 6.61 Å². The second-order valence-corrected chi connectivity index (χ2v) is 4.39. The molecule has 1 atom stereocenters. The molecule has 0 N–H and O–H groups in total. The first kappa shape index (κ1) is 14.9. The maximum Gasteiger partial charge on any atom is 0.416 e. The van der Waals surface area contributed by atoms with Crippen molar-refractivity contribution in [3.05, 3.63) is 36.2 Å². The summed E-state index contributed by atoms with van der Waals surface area (Å²) in [5, 5.41) is 0. The number of alkyl halides is 3. The van der Waals surface area contributed by atoms with Crippen molar-refractivity contribution >= 4 is 0 Å². The number of hydrogen-bond donors (Lipinski definition) is 0. The molecule has 4 heteroatoms. The quantitative estimate of drug-likeness (QED) is 0.689. The lowest BCUT2D eigenvalue weighted by molar-refractivity contribution is -0.137. The average Bonchev–Trinajstić information content (AvgIpc) is 2.28. The van der Waals surface area contributed by atoms with Gasteiger partial charge in [0, 0.05) is 0 Å². The van der Waals surface area contributed by atoms with E-state index >= 15 is 0 Å². The van der Waals surface area contributed by atoms with E-state index in [1.807, 2.05) is 6.92 Å². The van der Waals surface area contributed by atoms with Crippen LogP contribution in [0.1, 0.15) is 43.7 Å². The van der Waals surface area contributed by atoms with Crippen molar-refractivity contribution < 1.29 is 17.9 Å². The number of halogens is 3. The molecule has 0 aliphatic heterocycles. The molecule has 0 saturated heterocycles. The minimum absolute atomic E-state index is 0.208. The molecule has 1 rings (SSSR count). The van der Waals surface area contributed by atoms with E-state index in [0.29, 0.717) is 12.2 Å². The lowest BCUT2D eigenvalue weighted by Gasteiger charge is -2.14. The molecule has 101 valence electrons. The number of ether oxygens (including phenoxy) is 1. The van der Waals surface area contributed by atoms with E-state index in [0.717, 1.165) is 25.0 Å². The van der Waals surface area contributed by atoms with Crippen LogP contribution in [0.2, 0.25) is 0 Å². The molecule has 1 unspecified atom stereocenters. The van der Waals surface area contributed by atoms with Gasteiger partial charge in [-0.25, -0.2) is 0 Å². The normalized spacial score (nSPS) is 11.9.